The summed E-state index contributed by atoms with van der Waals surface area (Å²) in [6, 6.07) is 6.10. The number of amides is 1. The molecule has 0 saturated heterocycles. The molecule has 0 spiro atoms. The van der Waals surface area contributed by atoms with Gasteiger partial charge >= 0.3 is 0 Å². The number of anilines is 1. The Morgan fingerprint density at radius 1 is 1.11 bits per heavy atom. The van der Waals surface area contributed by atoms with E-state index < -0.39 is 17.5 Å². The van der Waals surface area contributed by atoms with Gasteiger partial charge in [0.2, 0.25) is 0 Å². The highest BCUT2D eigenvalue weighted by atomic mass is 35.5. The van der Waals surface area contributed by atoms with Gasteiger partial charge in [0.1, 0.15) is 17.1 Å². The second-order valence-corrected chi connectivity index (χ2v) is 5.75. The van der Waals surface area contributed by atoms with Crippen molar-refractivity contribution >= 4 is 23.2 Å². The number of aromatic nitrogens is 1. The molecular formula is C18H13ClF2N2O4. The molecule has 1 N–H and O–H groups in total. The largest absolute Gasteiger partial charge is 0.495 e. The fourth-order valence-corrected chi connectivity index (χ4v) is 2.63. The smallest absolute Gasteiger partial charge is 0.261 e. The summed E-state index contributed by atoms with van der Waals surface area (Å²) >= 11 is 6.04. The molecule has 3 rings (SSSR count). The van der Waals surface area contributed by atoms with E-state index in [4.69, 9.17) is 25.6 Å². The fraction of sp³-hybridized carbons (Fsp3) is 0.111. The van der Waals surface area contributed by atoms with E-state index >= 15 is 0 Å². The van der Waals surface area contributed by atoms with Crippen LogP contribution in [0.2, 0.25) is 5.02 Å². The summed E-state index contributed by atoms with van der Waals surface area (Å²) in [5.41, 5.74) is 0.482. The van der Waals surface area contributed by atoms with E-state index in [2.05, 4.69) is 10.5 Å². The molecule has 2 aromatic carbocycles. The maximum atomic E-state index is 13.5. The van der Waals surface area contributed by atoms with Gasteiger partial charge in [-0.2, -0.15) is 0 Å². The molecule has 0 saturated carbocycles. The minimum absolute atomic E-state index is 0.00806. The van der Waals surface area contributed by atoms with Crippen LogP contribution < -0.4 is 14.8 Å². The Balaban J connectivity index is 1.95. The Morgan fingerprint density at radius 2 is 1.85 bits per heavy atom. The summed E-state index contributed by atoms with van der Waals surface area (Å²) in [6.07, 6.45) is 1.17. The van der Waals surface area contributed by atoms with Gasteiger partial charge in [-0.05, 0) is 18.2 Å². The van der Waals surface area contributed by atoms with Gasteiger partial charge in [-0.25, -0.2) is 8.78 Å². The van der Waals surface area contributed by atoms with Crippen LogP contribution in [0.25, 0.3) is 11.3 Å². The number of hydrogen-bond donors (Lipinski definition) is 1. The van der Waals surface area contributed by atoms with Crippen LogP contribution in [0, 0.1) is 11.6 Å². The first-order chi connectivity index (χ1) is 12.9. The van der Waals surface area contributed by atoms with Crippen LogP contribution in [0.5, 0.6) is 11.5 Å². The van der Waals surface area contributed by atoms with Crippen molar-refractivity contribution in [2.24, 2.45) is 0 Å². The van der Waals surface area contributed by atoms with Crippen molar-refractivity contribution in [2.45, 2.75) is 0 Å². The number of nitrogens with zero attached hydrogens (tertiary/aromatic N) is 1. The number of hydrogen-bond acceptors (Lipinski definition) is 5. The molecule has 9 heteroatoms. The first kappa shape index (κ1) is 18.7. The maximum Gasteiger partial charge on any atom is 0.261 e. The summed E-state index contributed by atoms with van der Waals surface area (Å²) < 4.78 is 42.0. The predicted molar refractivity (Wildman–Crippen MR) is 94.4 cm³/mol. The topological polar surface area (TPSA) is 73.6 Å². The maximum absolute atomic E-state index is 13.5. The monoisotopic (exact) mass is 394 g/mol. The molecule has 0 radical (unpaired) electrons. The summed E-state index contributed by atoms with van der Waals surface area (Å²) in [5, 5.41) is 6.51. The Labute approximate surface area is 157 Å². The molecular weight excluding hydrogens is 382 g/mol. The third-order valence-electron chi connectivity index (χ3n) is 3.72. The Morgan fingerprint density at radius 3 is 2.52 bits per heavy atom. The van der Waals surface area contributed by atoms with E-state index in [0.29, 0.717) is 22.2 Å². The van der Waals surface area contributed by atoms with Crippen molar-refractivity contribution in [1.29, 1.82) is 0 Å². The molecule has 0 atom stereocenters. The first-order valence-corrected chi connectivity index (χ1v) is 7.95. The van der Waals surface area contributed by atoms with Crippen LogP contribution in [0.3, 0.4) is 0 Å². The molecule has 27 heavy (non-hydrogen) atoms. The van der Waals surface area contributed by atoms with E-state index in [1.54, 1.807) is 0 Å². The number of halogens is 3. The normalized spacial score (nSPS) is 10.6. The van der Waals surface area contributed by atoms with Crippen molar-refractivity contribution in [3.63, 3.8) is 0 Å². The number of ether oxygens (including phenoxy) is 2. The molecule has 0 fully saturated rings. The lowest BCUT2D eigenvalue weighted by molar-refractivity contribution is 0.102. The van der Waals surface area contributed by atoms with Crippen molar-refractivity contribution in [1.82, 2.24) is 5.16 Å². The standard InChI is InChI=1S/C18H13ClF2N2O4/c1-25-15-7-14(16(26-2)6-11(15)19)23-18(24)10-8-22-27-17(10)9-3-4-12(20)13(21)5-9/h3-8H,1-2H3,(H,23,24). The second kappa shape index (κ2) is 7.63. The molecule has 1 amide bonds. The third kappa shape index (κ3) is 3.70. The lowest BCUT2D eigenvalue weighted by Gasteiger charge is -2.13. The van der Waals surface area contributed by atoms with Crippen LogP contribution in [-0.2, 0) is 0 Å². The lowest BCUT2D eigenvalue weighted by atomic mass is 10.1. The second-order valence-electron chi connectivity index (χ2n) is 5.34. The molecule has 0 aliphatic rings. The van der Waals surface area contributed by atoms with Gasteiger partial charge in [-0.1, -0.05) is 16.8 Å². The van der Waals surface area contributed by atoms with E-state index in [1.165, 1.54) is 38.6 Å². The van der Waals surface area contributed by atoms with E-state index in [-0.39, 0.29) is 16.9 Å². The highest BCUT2D eigenvalue weighted by Gasteiger charge is 2.21. The van der Waals surface area contributed by atoms with Gasteiger partial charge in [0.15, 0.2) is 17.4 Å². The quantitative estimate of drug-likeness (QED) is 0.687. The number of nitrogens with one attached hydrogen (secondary N) is 1. The van der Waals surface area contributed by atoms with Gasteiger partial charge in [0, 0.05) is 17.7 Å². The van der Waals surface area contributed by atoms with E-state index in [0.717, 1.165) is 12.1 Å². The summed E-state index contributed by atoms with van der Waals surface area (Å²) in [6.45, 7) is 0. The highest BCUT2D eigenvalue weighted by Crippen LogP contribution is 2.36. The van der Waals surface area contributed by atoms with Crippen LogP contribution in [0.4, 0.5) is 14.5 Å². The van der Waals surface area contributed by atoms with Crippen LogP contribution in [0.1, 0.15) is 10.4 Å². The number of benzene rings is 2. The Kier molecular flexibility index (Phi) is 5.27. The lowest BCUT2D eigenvalue weighted by Crippen LogP contribution is -2.13. The predicted octanol–water partition coefficient (Wildman–Crippen LogP) is 4.54. The van der Waals surface area contributed by atoms with Crippen LogP contribution in [-0.4, -0.2) is 25.3 Å². The van der Waals surface area contributed by atoms with Gasteiger partial charge < -0.3 is 19.3 Å². The number of methoxy groups -OCH3 is 2. The van der Waals surface area contributed by atoms with E-state index in [1.807, 2.05) is 0 Å². The number of carbonyl (C=O) groups is 1. The molecule has 140 valence electrons. The molecule has 3 aromatic rings. The average molecular weight is 395 g/mol. The minimum atomic E-state index is -1.07. The minimum Gasteiger partial charge on any atom is -0.495 e. The highest BCUT2D eigenvalue weighted by molar-refractivity contribution is 6.32. The molecule has 0 aliphatic heterocycles. The molecule has 0 unspecified atom stereocenters. The summed E-state index contributed by atoms with van der Waals surface area (Å²) in [4.78, 5) is 12.7. The first-order valence-electron chi connectivity index (χ1n) is 7.57. The summed E-state index contributed by atoms with van der Waals surface area (Å²) in [5.74, 6) is -2.05. The van der Waals surface area contributed by atoms with Crippen molar-refractivity contribution < 1.29 is 27.6 Å². The van der Waals surface area contributed by atoms with Gasteiger partial charge in [0.25, 0.3) is 5.91 Å². The molecule has 1 heterocycles. The SMILES string of the molecule is COc1cc(NC(=O)c2cnoc2-c2ccc(F)c(F)c2)c(OC)cc1Cl. The van der Waals surface area contributed by atoms with Gasteiger partial charge in [0.05, 0.1) is 31.1 Å². The van der Waals surface area contributed by atoms with Gasteiger partial charge in [-0.3, -0.25) is 4.79 Å². The van der Waals surface area contributed by atoms with Crippen molar-refractivity contribution in [2.75, 3.05) is 19.5 Å². The third-order valence-corrected chi connectivity index (χ3v) is 4.01. The fourth-order valence-electron chi connectivity index (χ4n) is 2.39. The molecule has 6 nitrogen and oxygen atoms in total. The van der Waals surface area contributed by atoms with Crippen molar-refractivity contribution in [3.8, 4) is 22.8 Å². The molecule has 0 aliphatic carbocycles. The molecule has 1 aromatic heterocycles. The number of carbonyl (C=O) groups excluding carboxylic acids is 1. The average Bonchev–Trinajstić information content (AvgIpc) is 3.15. The van der Waals surface area contributed by atoms with Crippen molar-refractivity contribution in [3.05, 3.63) is 58.7 Å². The summed E-state index contributed by atoms with van der Waals surface area (Å²) in [7, 11) is 2.85. The van der Waals surface area contributed by atoms with Gasteiger partial charge in [-0.15, -0.1) is 0 Å². The number of rotatable bonds is 5. The zero-order valence-corrected chi connectivity index (χ0v) is 14.9. The zero-order chi connectivity index (χ0) is 19.6. The molecule has 0 bridgehead atoms. The Bertz CT molecular complexity index is 1010. The van der Waals surface area contributed by atoms with Crippen LogP contribution in [0.15, 0.2) is 41.1 Å². The van der Waals surface area contributed by atoms with Crippen LogP contribution >= 0.6 is 11.6 Å². The Hall–Kier alpha value is -3.13. The van der Waals surface area contributed by atoms with E-state index in [9.17, 15) is 13.6 Å². The zero-order valence-electron chi connectivity index (χ0n) is 14.2.